The van der Waals surface area contributed by atoms with Crippen LogP contribution in [-0.2, 0) is 14.3 Å². The van der Waals surface area contributed by atoms with Gasteiger partial charge in [0.25, 0.3) is 0 Å². The van der Waals surface area contributed by atoms with Crippen LogP contribution in [-0.4, -0.2) is 76.9 Å². The summed E-state index contributed by atoms with van der Waals surface area (Å²) in [6.45, 7) is 0.789. The van der Waals surface area contributed by atoms with Crippen molar-refractivity contribution in [1.29, 1.82) is 0 Å². The van der Waals surface area contributed by atoms with Gasteiger partial charge in [-0.15, -0.1) is 0 Å². The van der Waals surface area contributed by atoms with Crippen molar-refractivity contribution in [3.05, 3.63) is 34.9 Å². The van der Waals surface area contributed by atoms with Crippen molar-refractivity contribution in [1.82, 2.24) is 5.32 Å². The quantitative estimate of drug-likeness (QED) is 0.455. The van der Waals surface area contributed by atoms with Crippen molar-refractivity contribution >= 4 is 12.0 Å². The number of rotatable bonds is 6. The van der Waals surface area contributed by atoms with E-state index < -0.39 is 65.5 Å². The van der Waals surface area contributed by atoms with Gasteiger partial charge in [0.2, 0.25) is 5.91 Å². The molecule has 1 amide bonds. The highest BCUT2D eigenvalue weighted by Gasteiger charge is 2.53. The molecule has 0 bridgehead atoms. The standard InChI is InChI=1S/C22H26F3NO7/c1-10(21(30)26-15-16(27)18(29)20-19(17(15)28)32-9-33-20)5-11-6-13(24)14(7-12(11)23)31-8-22(25)3-2-4-22/h5-7,15-20,27-29H,2-4,8-9H2,1H3,(H,26,30)/b10-5+/t15-,16+,17-,18-,19+,20-/m1/s1. The fraction of sp³-hybridized carbons (Fsp3) is 0.591. The molecule has 4 N–H and O–H groups in total. The Bertz CT molecular complexity index is 939. The van der Waals surface area contributed by atoms with E-state index in [4.69, 9.17) is 14.2 Å². The Morgan fingerprint density at radius 1 is 1.15 bits per heavy atom. The molecule has 2 saturated carbocycles. The molecule has 182 valence electrons. The molecule has 1 heterocycles. The van der Waals surface area contributed by atoms with Crippen molar-refractivity contribution < 1.29 is 47.5 Å². The third kappa shape index (κ3) is 4.73. The third-order valence-electron chi connectivity index (χ3n) is 6.42. The van der Waals surface area contributed by atoms with Crippen molar-refractivity contribution in [3.63, 3.8) is 0 Å². The van der Waals surface area contributed by atoms with Gasteiger partial charge < -0.3 is 34.8 Å². The highest BCUT2D eigenvalue weighted by Crippen LogP contribution is 2.37. The number of carbonyl (C=O) groups is 1. The lowest BCUT2D eigenvalue weighted by atomic mass is 9.83. The number of fused-ring (bicyclic) bond motifs is 1. The highest BCUT2D eigenvalue weighted by atomic mass is 19.1. The molecule has 2 aliphatic carbocycles. The molecule has 8 nitrogen and oxygen atoms in total. The lowest BCUT2D eigenvalue weighted by molar-refractivity contribution is -0.155. The first kappa shape index (κ1) is 24.0. The molecular weight excluding hydrogens is 447 g/mol. The summed E-state index contributed by atoms with van der Waals surface area (Å²) >= 11 is 0. The number of benzene rings is 1. The Morgan fingerprint density at radius 3 is 2.45 bits per heavy atom. The Kier molecular flexibility index (Phi) is 6.70. The van der Waals surface area contributed by atoms with Crippen LogP contribution in [0, 0.1) is 11.6 Å². The number of hydrogen-bond acceptors (Lipinski definition) is 7. The number of alkyl halides is 1. The van der Waals surface area contributed by atoms with Crippen molar-refractivity contribution in [2.24, 2.45) is 0 Å². The third-order valence-corrected chi connectivity index (χ3v) is 6.42. The average molecular weight is 473 g/mol. The molecule has 11 heteroatoms. The minimum absolute atomic E-state index is 0.0567. The molecule has 4 rings (SSSR count). The predicted octanol–water partition coefficient (Wildman–Crippen LogP) is 0.962. The van der Waals surface area contributed by atoms with Gasteiger partial charge in [-0.1, -0.05) is 0 Å². The van der Waals surface area contributed by atoms with Crippen LogP contribution in [0.2, 0.25) is 0 Å². The summed E-state index contributed by atoms with van der Waals surface area (Å²) in [4.78, 5) is 12.6. The number of nitrogens with one attached hydrogen (secondary N) is 1. The van der Waals surface area contributed by atoms with E-state index in [-0.39, 0.29) is 24.5 Å². The molecule has 1 aromatic rings. The zero-order valence-corrected chi connectivity index (χ0v) is 17.8. The summed E-state index contributed by atoms with van der Waals surface area (Å²) in [6.07, 6.45) is -3.77. The topological polar surface area (TPSA) is 117 Å². The number of hydrogen-bond donors (Lipinski definition) is 4. The first-order valence-electron chi connectivity index (χ1n) is 10.7. The highest BCUT2D eigenvalue weighted by molar-refractivity contribution is 5.97. The molecule has 1 saturated heterocycles. The first-order valence-corrected chi connectivity index (χ1v) is 10.7. The van der Waals surface area contributed by atoms with E-state index >= 15 is 0 Å². The Labute approximate surface area is 187 Å². The molecule has 1 aliphatic heterocycles. The summed E-state index contributed by atoms with van der Waals surface area (Å²) in [5.74, 6) is -3.00. The summed E-state index contributed by atoms with van der Waals surface area (Å²) < 4.78 is 58.4. The fourth-order valence-electron chi connectivity index (χ4n) is 4.20. The Balaban J connectivity index is 1.44. The lowest BCUT2D eigenvalue weighted by Crippen LogP contribution is -2.67. The SMILES string of the molecule is C/C(=C\c1cc(F)c(OCC2(F)CCC2)cc1F)C(=O)N[C@@H]1[C@H](O)[C@@H](O)[C@H]2OCO[C@H]2[C@@H]1O. The summed E-state index contributed by atoms with van der Waals surface area (Å²) in [7, 11) is 0. The average Bonchev–Trinajstić information content (AvgIpc) is 3.25. The van der Waals surface area contributed by atoms with Crippen LogP contribution in [0.4, 0.5) is 13.2 Å². The van der Waals surface area contributed by atoms with Crippen LogP contribution in [0.15, 0.2) is 17.7 Å². The van der Waals surface area contributed by atoms with Gasteiger partial charge in [0.15, 0.2) is 11.6 Å². The molecule has 0 radical (unpaired) electrons. The van der Waals surface area contributed by atoms with Crippen molar-refractivity contribution in [2.75, 3.05) is 13.4 Å². The van der Waals surface area contributed by atoms with Gasteiger partial charge in [0.1, 0.15) is 55.4 Å². The van der Waals surface area contributed by atoms with Crippen molar-refractivity contribution in [2.45, 2.75) is 68.4 Å². The van der Waals surface area contributed by atoms with E-state index in [1.807, 2.05) is 0 Å². The zero-order valence-electron chi connectivity index (χ0n) is 17.8. The van der Waals surface area contributed by atoms with E-state index in [9.17, 15) is 33.3 Å². The Hall–Kier alpha value is -2.18. The van der Waals surface area contributed by atoms with Gasteiger partial charge in [0, 0.05) is 17.2 Å². The van der Waals surface area contributed by atoms with Crippen LogP contribution >= 0.6 is 0 Å². The number of amides is 1. The molecule has 6 atom stereocenters. The van der Waals surface area contributed by atoms with Crippen LogP contribution in [0.3, 0.4) is 0 Å². The van der Waals surface area contributed by atoms with Gasteiger partial charge in [-0.05, 0) is 38.3 Å². The van der Waals surface area contributed by atoms with Crippen LogP contribution in [0.1, 0.15) is 31.7 Å². The van der Waals surface area contributed by atoms with E-state index in [2.05, 4.69) is 5.32 Å². The van der Waals surface area contributed by atoms with E-state index in [1.54, 1.807) is 0 Å². The predicted molar refractivity (Wildman–Crippen MR) is 108 cm³/mol. The van der Waals surface area contributed by atoms with Crippen LogP contribution < -0.4 is 10.1 Å². The summed E-state index contributed by atoms with van der Waals surface area (Å²) in [5.41, 5.74) is -1.82. The summed E-state index contributed by atoms with van der Waals surface area (Å²) in [6, 6.07) is 0.336. The van der Waals surface area contributed by atoms with Gasteiger partial charge in [-0.3, -0.25) is 4.79 Å². The molecule has 3 fully saturated rings. The minimum atomic E-state index is -1.54. The van der Waals surface area contributed by atoms with E-state index in [0.29, 0.717) is 12.8 Å². The largest absolute Gasteiger partial charge is 0.487 e. The van der Waals surface area contributed by atoms with E-state index in [0.717, 1.165) is 24.6 Å². The maximum Gasteiger partial charge on any atom is 0.247 e. The molecule has 0 aromatic heterocycles. The van der Waals surface area contributed by atoms with Crippen LogP contribution in [0.5, 0.6) is 5.75 Å². The van der Waals surface area contributed by atoms with Gasteiger partial charge in [-0.2, -0.15) is 0 Å². The monoisotopic (exact) mass is 473 g/mol. The van der Waals surface area contributed by atoms with Crippen LogP contribution in [0.25, 0.3) is 6.08 Å². The second-order valence-corrected chi connectivity index (χ2v) is 8.78. The Morgan fingerprint density at radius 2 is 1.82 bits per heavy atom. The maximum atomic E-state index is 14.5. The summed E-state index contributed by atoms with van der Waals surface area (Å²) in [5, 5.41) is 33.3. The number of aliphatic hydroxyl groups excluding tert-OH is 3. The zero-order chi connectivity index (χ0) is 23.9. The fourth-order valence-corrected chi connectivity index (χ4v) is 4.20. The lowest BCUT2D eigenvalue weighted by Gasteiger charge is -2.41. The first-order chi connectivity index (χ1) is 15.6. The normalized spacial score (nSPS) is 33.2. The smallest absolute Gasteiger partial charge is 0.247 e. The number of ether oxygens (including phenoxy) is 3. The molecular formula is C22H26F3NO7. The van der Waals surface area contributed by atoms with Gasteiger partial charge in [-0.25, -0.2) is 13.2 Å². The van der Waals surface area contributed by atoms with Gasteiger partial charge >= 0.3 is 0 Å². The molecule has 0 unspecified atom stereocenters. The molecule has 33 heavy (non-hydrogen) atoms. The molecule has 1 aromatic carbocycles. The number of halogens is 3. The maximum absolute atomic E-state index is 14.5. The minimum Gasteiger partial charge on any atom is -0.487 e. The van der Waals surface area contributed by atoms with E-state index in [1.165, 1.54) is 6.92 Å². The second-order valence-electron chi connectivity index (χ2n) is 8.78. The molecule has 3 aliphatic rings. The van der Waals surface area contributed by atoms with Gasteiger partial charge in [0.05, 0.1) is 6.04 Å². The number of aliphatic hydroxyl groups is 3. The van der Waals surface area contributed by atoms with Crippen molar-refractivity contribution in [3.8, 4) is 5.75 Å². The number of carbonyl (C=O) groups excluding carboxylic acids is 1. The molecule has 0 spiro atoms. The second kappa shape index (κ2) is 9.22.